The Labute approximate surface area is 151 Å². The van der Waals surface area contributed by atoms with E-state index in [9.17, 15) is 18.0 Å². The first-order chi connectivity index (χ1) is 12.0. The minimum Gasteiger partial charge on any atom is -0.451 e. The second-order valence-electron chi connectivity index (χ2n) is 7.04. The highest BCUT2D eigenvalue weighted by Crippen LogP contribution is 2.39. The van der Waals surface area contributed by atoms with Crippen molar-refractivity contribution in [2.75, 3.05) is 0 Å². The summed E-state index contributed by atoms with van der Waals surface area (Å²) in [6.07, 6.45) is 2.17. The molecule has 0 bridgehead atoms. The van der Waals surface area contributed by atoms with Gasteiger partial charge in [-0.25, -0.2) is 18.4 Å². The molecule has 0 saturated heterocycles. The molecule has 0 aliphatic carbocycles. The van der Waals surface area contributed by atoms with Gasteiger partial charge in [-0.3, -0.25) is 9.36 Å². The molecule has 3 rings (SSSR count). The first-order valence-electron chi connectivity index (χ1n) is 8.15. The second-order valence-corrected chi connectivity index (χ2v) is 8.60. The Balaban J connectivity index is 2.10. The molecule has 1 aromatic carbocycles. The summed E-state index contributed by atoms with van der Waals surface area (Å²) in [5.41, 5.74) is -0.292. The molecule has 26 heavy (non-hydrogen) atoms. The molecule has 2 aromatic rings. The van der Waals surface area contributed by atoms with Crippen molar-refractivity contribution in [2.45, 2.75) is 37.7 Å². The van der Waals surface area contributed by atoms with Gasteiger partial charge in [0.1, 0.15) is 11.2 Å². The summed E-state index contributed by atoms with van der Waals surface area (Å²) in [5, 5.41) is 5.08. The van der Waals surface area contributed by atoms with E-state index in [1.54, 1.807) is 19.2 Å². The molecule has 2 N–H and O–H groups in total. The number of nitrogens with two attached hydrogens (primary N) is 1. The van der Waals surface area contributed by atoms with Crippen LogP contribution in [-0.4, -0.2) is 19.0 Å². The molecule has 0 fully saturated rings. The van der Waals surface area contributed by atoms with Gasteiger partial charge in [-0.2, -0.15) is 0 Å². The van der Waals surface area contributed by atoms with Crippen LogP contribution in [0.1, 0.15) is 43.1 Å². The molecule has 1 aliphatic heterocycles. The number of hydrogen-bond donors (Lipinski definition) is 1. The van der Waals surface area contributed by atoms with Crippen LogP contribution in [0.3, 0.4) is 0 Å². The number of carbonyl (C=O) groups excluding carboxylic acids is 1. The number of benzene rings is 1. The highest BCUT2D eigenvalue weighted by molar-refractivity contribution is 7.89. The summed E-state index contributed by atoms with van der Waals surface area (Å²) in [7, 11) is -3.82. The molecule has 0 amide bonds. The number of aromatic nitrogens is 1. The molecular weight excluding hydrogens is 356 g/mol. The molecule has 8 heteroatoms. The van der Waals surface area contributed by atoms with E-state index in [-0.39, 0.29) is 16.4 Å². The average molecular weight is 376 g/mol. The number of rotatable bonds is 4. The number of sulfonamides is 1. The lowest BCUT2D eigenvalue weighted by Gasteiger charge is -2.26. The third-order valence-corrected chi connectivity index (χ3v) is 5.35. The second kappa shape index (κ2) is 6.07. The summed E-state index contributed by atoms with van der Waals surface area (Å²) in [5.74, 6) is -0.351. The monoisotopic (exact) mass is 376 g/mol. The van der Waals surface area contributed by atoms with Gasteiger partial charge in [0, 0.05) is 17.4 Å². The van der Waals surface area contributed by atoms with E-state index in [0.717, 1.165) is 0 Å². The fourth-order valence-electron chi connectivity index (χ4n) is 3.41. The summed E-state index contributed by atoms with van der Waals surface area (Å²) < 4.78 is 29.5. The Morgan fingerprint density at radius 1 is 1.15 bits per heavy atom. The highest BCUT2D eigenvalue weighted by atomic mass is 32.2. The van der Waals surface area contributed by atoms with Crippen molar-refractivity contribution in [1.82, 2.24) is 4.57 Å². The predicted octanol–water partition coefficient (Wildman–Crippen LogP) is 1.92. The number of cyclic esters (lactones) is 1. The Morgan fingerprint density at radius 3 is 2.31 bits per heavy atom. The topological polar surface area (TPSA) is 108 Å². The van der Waals surface area contributed by atoms with Gasteiger partial charge < -0.3 is 4.74 Å². The SMILES string of the molecule is CC(C)CC1(C)OC(=O)c2c1ccn(-c1ccc(S(N)(=O)=O)cc1)c2=O. The molecule has 0 saturated carbocycles. The van der Waals surface area contributed by atoms with Crippen molar-refractivity contribution >= 4 is 16.0 Å². The van der Waals surface area contributed by atoms with Gasteiger partial charge >= 0.3 is 5.97 Å². The largest absolute Gasteiger partial charge is 0.451 e. The van der Waals surface area contributed by atoms with Crippen LogP contribution >= 0.6 is 0 Å². The minimum absolute atomic E-state index is 0.0196. The molecular formula is C18H20N2O5S. The Hall–Kier alpha value is -2.45. The van der Waals surface area contributed by atoms with Gasteiger partial charge in [0.15, 0.2) is 0 Å². The van der Waals surface area contributed by atoms with Gasteiger partial charge in [0.25, 0.3) is 5.56 Å². The van der Waals surface area contributed by atoms with Crippen LogP contribution in [0.4, 0.5) is 0 Å². The van der Waals surface area contributed by atoms with E-state index in [1.807, 2.05) is 13.8 Å². The van der Waals surface area contributed by atoms with Crippen LogP contribution in [0.5, 0.6) is 0 Å². The summed E-state index contributed by atoms with van der Waals surface area (Å²) >= 11 is 0. The summed E-state index contributed by atoms with van der Waals surface area (Å²) in [4.78, 5) is 25.1. The molecule has 0 spiro atoms. The third kappa shape index (κ3) is 3.06. The number of nitrogens with zero attached hydrogens (tertiary/aromatic N) is 1. The van der Waals surface area contributed by atoms with E-state index < -0.39 is 27.2 Å². The van der Waals surface area contributed by atoms with Crippen LogP contribution in [0, 0.1) is 5.92 Å². The third-order valence-electron chi connectivity index (χ3n) is 4.43. The normalized spacial score (nSPS) is 19.5. The van der Waals surface area contributed by atoms with Crippen molar-refractivity contribution in [3.8, 4) is 5.69 Å². The molecule has 1 atom stereocenters. The molecule has 0 radical (unpaired) electrons. The molecule has 1 aliphatic rings. The lowest BCUT2D eigenvalue weighted by atomic mass is 9.87. The van der Waals surface area contributed by atoms with Gasteiger partial charge in [0.2, 0.25) is 10.0 Å². The van der Waals surface area contributed by atoms with Crippen molar-refractivity contribution in [2.24, 2.45) is 11.1 Å². The number of primary sulfonamides is 1. The lowest BCUT2D eigenvalue weighted by Crippen LogP contribution is -2.26. The smallest absolute Gasteiger partial charge is 0.345 e. The fraction of sp³-hybridized carbons (Fsp3) is 0.333. The number of hydrogen-bond acceptors (Lipinski definition) is 5. The average Bonchev–Trinajstić information content (AvgIpc) is 2.77. The molecule has 1 aromatic heterocycles. The van der Waals surface area contributed by atoms with Gasteiger partial charge in [-0.15, -0.1) is 0 Å². The zero-order chi connectivity index (χ0) is 19.3. The van der Waals surface area contributed by atoms with E-state index in [2.05, 4.69) is 0 Å². The number of esters is 1. The zero-order valence-corrected chi connectivity index (χ0v) is 15.5. The Morgan fingerprint density at radius 2 is 1.77 bits per heavy atom. The van der Waals surface area contributed by atoms with Gasteiger partial charge in [0.05, 0.1) is 4.90 Å². The summed E-state index contributed by atoms with van der Waals surface area (Å²) in [6.45, 7) is 5.85. The van der Waals surface area contributed by atoms with E-state index in [0.29, 0.717) is 17.7 Å². The molecule has 2 heterocycles. The number of pyridine rings is 1. The molecule has 138 valence electrons. The van der Waals surface area contributed by atoms with Crippen LogP contribution in [0.15, 0.2) is 46.2 Å². The van der Waals surface area contributed by atoms with Crippen LogP contribution < -0.4 is 10.7 Å². The van der Waals surface area contributed by atoms with Crippen molar-refractivity contribution in [1.29, 1.82) is 0 Å². The number of carbonyl (C=O) groups is 1. The first-order valence-corrected chi connectivity index (χ1v) is 9.70. The Bertz CT molecular complexity index is 1040. The predicted molar refractivity (Wildman–Crippen MR) is 95.6 cm³/mol. The van der Waals surface area contributed by atoms with Crippen LogP contribution in [0.2, 0.25) is 0 Å². The lowest BCUT2D eigenvalue weighted by molar-refractivity contribution is -0.00862. The number of ether oxygens (including phenoxy) is 1. The van der Waals surface area contributed by atoms with Crippen molar-refractivity contribution in [3.05, 3.63) is 58.0 Å². The maximum atomic E-state index is 12.8. The van der Waals surface area contributed by atoms with Gasteiger partial charge in [-0.05, 0) is 49.6 Å². The van der Waals surface area contributed by atoms with E-state index in [1.165, 1.54) is 28.8 Å². The van der Waals surface area contributed by atoms with Crippen molar-refractivity contribution < 1.29 is 17.9 Å². The zero-order valence-electron chi connectivity index (χ0n) is 14.7. The maximum absolute atomic E-state index is 12.8. The van der Waals surface area contributed by atoms with E-state index >= 15 is 0 Å². The van der Waals surface area contributed by atoms with Crippen LogP contribution in [-0.2, 0) is 20.4 Å². The van der Waals surface area contributed by atoms with Crippen molar-refractivity contribution in [3.63, 3.8) is 0 Å². The number of fused-ring (bicyclic) bond motifs is 1. The minimum atomic E-state index is -3.82. The maximum Gasteiger partial charge on any atom is 0.345 e. The molecule has 7 nitrogen and oxygen atoms in total. The standard InChI is InChI=1S/C18H20N2O5S/c1-11(2)10-18(3)14-8-9-20(16(21)15(14)17(22)25-18)12-4-6-13(7-5-12)26(19,23)24/h4-9,11H,10H2,1-3H3,(H2,19,23,24). The highest BCUT2D eigenvalue weighted by Gasteiger charge is 2.44. The molecule has 1 unspecified atom stereocenters. The summed E-state index contributed by atoms with van der Waals surface area (Å²) in [6, 6.07) is 7.25. The quantitative estimate of drug-likeness (QED) is 0.820. The van der Waals surface area contributed by atoms with Crippen LogP contribution in [0.25, 0.3) is 5.69 Å². The van der Waals surface area contributed by atoms with Gasteiger partial charge in [-0.1, -0.05) is 13.8 Å². The fourth-order valence-corrected chi connectivity index (χ4v) is 3.93. The Kier molecular flexibility index (Phi) is 4.28. The van der Waals surface area contributed by atoms with E-state index in [4.69, 9.17) is 9.88 Å². The first kappa shape index (κ1) is 18.3.